The first-order valence-electron chi connectivity index (χ1n) is 8.43. The van der Waals surface area contributed by atoms with Crippen molar-refractivity contribution >= 4 is 33.6 Å². The van der Waals surface area contributed by atoms with Crippen molar-refractivity contribution in [2.45, 2.75) is 6.92 Å². The van der Waals surface area contributed by atoms with Crippen molar-refractivity contribution in [3.63, 3.8) is 0 Å². The Morgan fingerprint density at radius 2 is 1.85 bits per heavy atom. The number of anilines is 1. The van der Waals surface area contributed by atoms with Crippen molar-refractivity contribution in [2.24, 2.45) is 0 Å². The Bertz CT molecular complexity index is 1200. The van der Waals surface area contributed by atoms with E-state index in [-0.39, 0.29) is 12.5 Å². The summed E-state index contributed by atoms with van der Waals surface area (Å²) in [5.74, 6) is 0.633. The van der Waals surface area contributed by atoms with Gasteiger partial charge in [0, 0.05) is 5.39 Å². The molecule has 0 aliphatic carbocycles. The molecular weight excluding hydrogens is 344 g/mol. The monoisotopic (exact) mass is 360 g/mol. The van der Waals surface area contributed by atoms with Crippen molar-refractivity contribution in [1.82, 2.24) is 4.98 Å². The van der Waals surface area contributed by atoms with Crippen molar-refractivity contribution < 1.29 is 13.9 Å². The number of fused-ring (bicyclic) bond motifs is 3. The number of amides is 1. The molecule has 4 aromatic rings. The van der Waals surface area contributed by atoms with Gasteiger partial charge in [0.25, 0.3) is 5.91 Å². The highest BCUT2D eigenvalue weighted by molar-refractivity contribution is 6.04. The first-order valence-corrected chi connectivity index (χ1v) is 8.43. The third kappa shape index (κ3) is 3.37. The number of carbonyl (C=O) groups excluding carboxylic acids is 1. The molecule has 2 heterocycles. The zero-order valence-corrected chi connectivity index (χ0v) is 14.6. The van der Waals surface area contributed by atoms with Crippen LogP contribution in [0.15, 0.2) is 69.9 Å². The minimum Gasteiger partial charge on any atom is -0.484 e. The minimum atomic E-state index is -0.445. The molecule has 0 unspecified atom stereocenters. The zero-order chi connectivity index (χ0) is 18.8. The maximum Gasteiger partial charge on any atom is 0.346 e. The fraction of sp³-hybridized carbons (Fsp3) is 0.0952. The molecule has 0 saturated heterocycles. The fourth-order valence-corrected chi connectivity index (χ4v) is 2.94. The van der Waals surface area contributed by atoms with Gasteiger partial charge in [0.15, 0.2) is 6.61 Å². The number of carbonyl (C=O) groups is 1. The number of benzene rings is 2. The Morgan fingerprint density at radius 1 is 1.11 bits per heavy atom. The summed E-state index contributed by atoms with van der Waals surface area (Å²) in [6, 6.07) is 17.9. The number of para-hydroxylation sites is 2. The molecule has 0 atom stereocenters. The maximum atomic E-state index is 12.3. The van der Waals surface area contributed by atoms with Crippen LogP contribution >= 0.6 is 0 Å². The van der Waals surface area contributed by atoms with Gasteiger partial charge in [-0.15, -0.1) is 0 Å². The van der Waals surface area contributed by atoms with E-state index in [4.69, 9.17) is 9.15 Å². The molecule has 0 spiro atoms. The molecule has 0 bridgehead atoms. The average Bonchev–Trinajstić information content (AvgIpc) is 2.67. The first kappa shape index (κ1) is 16.8. The lowest BCUT2D eigenvalue weighted by Gasteiger charge is -2.10. The smallest absolute Gasteiger partial charge is 0.346 e. The predicted molar refractivity (Wildman–Crippen MR) is 103 cm³/mol. The lowest BCUT2D eigenvalue weighted by molar-refractivity contribution is -0.118. The fourth-order valence-electron chi connectivity index (χ4n) is 2.94. The number of hydrogen-bond donors (Lipinski definition) is 1. The van der Waals surface area contributed by atoms with Crippen LogP contribution in [0.4, 0.5) is 5.82 Å². The Hall–Kier alpha value is -3.67. The summed E-state index contributed by atoms with van der Waals surface area (Å²) in [4.78, 5) is 29.0. The maximum absolute atomic E-state index is 12.3. The van der Waals surface area contributed by atoms with Gasteiger partial charge in [-0.25, -0.2) is 9.78 Å². The second-order valence-corrected chi connectivity index (χ2v) is 6.08. The van der Waals surface area contributed by atoms with E-state index in [0.717, 1.165) is 0 Å². The molecule has 2 aromatic carbocycles. The van der Waals surface area contributed by atoms with Crippen LogP contribution in [0.2, 0.25) is 0 Å². The third-order valence-electron chi connectivity index (χ3n) is 4.15. The van der Waals surface area contributed by atoms with E-state index in [1.165, 1.54) is 0 Å². The molecule has 27 heavy (non-hydrogen) atoms. The Kier molecular flexibility index (Phi) is 4.30. The molecule has 0 saturated carbocycles. The molecule has 0 fully saturated rings. The molecule has 0 aliphatic rings. The molecular formula is C21H16N2O4. The van der Waals surface area contributed by atoms with Crippen LogP contribution in [0.25, 0.3) is 21.9 Å². The number of aryl methyl sites for hydroxylation is 1. The van der Waals surface area contributed by atoms with Crippen molar-refractivity contribution in [1.29, 1.82) is 0 Å². The van der Waals surface area contributed by atoms with E-state index in [1.807, 2.05) is 30.3 Å². The molecule has 2 aromatic heterocycles. The molecule has 134 valence electrons. The topological polar surface area (TPSA) is 81.4 Å². The summed E-state index contributed by atoms with van der Waals surface area (Å²) in [5.41, 5.74) is 1.19. The summed E-state index contributed by atoms with van der Waals surface area (Å²) in [5, 5.41) is 3.85. The van der Waals surface area contributed by atoms with Crippen molar-refractivity contribution in [3.05, 3.63) is 76.6 Å². The molecule has 0 aliphatic heterocycles. The van der Waals surface area contributed by atoms with Crippen LogP contribution in [0.5, 0.6) is 5.75 Å². The highest BCUT2D eigenvalue weighted by Crippen LogP contribution is 2.25. The quantitative estimate of drug-likeness (QED) is 0.444. The van der Waals surface area contributed by atoms with Gasteiger partial charge in [-0.3, -0.25) is 4.79 Å². The molecule has 6 heteroatoms. The first-order chi connectivity index (χ1) is 13.1. The highest BCUT2D eigenvalue weighted by atomic mass is 16.5. The summed E-state index contributed by atoms with van der Waals surface area (Å²) in [6.45, 7) is 1.65. The third-order valence-corrected chi connectivity index (χ3v) is 4.15. The second kappa shape index (κ2) is 6.92. The number of rotatable bonds is 4. The highest BCUT2D eigenvalue weighted by Gasteiger charge is 2.14. The standard InChI is InChI=1S/C21H16N2O4/c1-13-11-17(22-18(24)12-26-14-7-3-2-4-8-14)23-20-15-9-5-6-10-16(15)27-21(25)19(13)20/h2-11H,12H2,1H3,(H,22,23,24). The van der Waals surface area contributed by atoms with Crippen LogP contribution in [0, 0.1) is 6.92 Å². The lowest BCUT2D eigenvalue weighted by atomic mass is 10.1. The van der Waals surface area contributed by atoms with Crippen LogP contribution in [0.1, 0.15) is 5.56 Å². The van der Waals surface area contributed by atoms with Crippen LogP contribution in [0.3, 0.4) is 0 Å². The van der Waals surface area contributed by atoms with Crippen molar-refractivity contribution in [3.8, 4) is 5.75 Å². The van der Waals surface area contributed by atoms with Gasteiger partial charge in [0.1, 0.15) is 17.2 Å². The number of hydrogen-bond acceptors (Lipinski definition) is 5. The van der Waals surface area contributed by atoms with Gasteiger partial charge < -0.3 is 14.5 Å². The van der Waals surface area contributed by atoms with E-state index in [0.29, 0.717) is 39.0 Å². The van der Waals surface area contributed by atoms with Gasteiger partial charge in [0.2, 0.25) is 0 Å². The largest absolute Gasteiger partial charge is 0.484 e. The van der Waals surface area contributed by atoms with Gasteiger partial charge in [-0.05, 0) is 42.8 Å². The number of nitrogens with one attached hydrogen (secondary N) is 1. The van der Waals surface area contributed by atoms with Gasteiger partial charge in [-0.1, -0.05) is 30.3 Å². The van der Waals surface area contributed by atoms with Gasteiger partial charge in [-0.2, -0.15) is 0 Å². The average molecular weight is 360 g/mol. The number of ether oxygens (including phenoxy) is 1. The summed E-state index contributed by atoms with van der Waals surface area (Å²) >= 11 is 0. The van der Waals surface area contributed by atoms with Crippen LogP contribution in [-0.4, -0.2) is 17.5 Å². The molecule has 0 radical (unpaired) electrons. The van der Waals surface area contributed by atoms with E-state index < -0.39 is 5.63 Å². The van der Waals surface area contributed by atoms with E-state index in [9.17, 15) is 9.59 Å². The van der Waals surface area contributed by atoms with Gasteiger partial charge >= 0.3 is 5.63 Å². The lowest BCUT2D eigenvalue weighted by Crippen LogP contribution is -2.21. The Labute approximate surface area is 154 Å². The Balaban J connectivity index is 1.65. The molecule has 1 amide bonds. The van der Waals surface area contributed by atoms with Crippen molar-refractivity contribution in [2.75, 3.05) is 11.9 Å². The zero-order valence-electron chi connectivity index (χ0n) is 14.6. The summed E-state index contributed by atoms with van der Waals surface area (Å²) in [6.07, 6.45) is 0. The summed E-state index contributed by atoms with van der Waals surface area (Å²) in [7, 11) is 0. The van der Waals surface area contributed by atoms with Crippen LogP contribution < -0.4 is 15.7 Å². The van der Waals surface area contributed by atoms with Crippen LogP contribution in [-0.2, 0) is 4.79 Å². The van der Waals surface area contributed by atoms with E-state index in [1.54, 1.807) is 37.3 Å². The minimum absolute atomic E-state index is 0.138. The number of nitrogens with zero attached hydrogens (tertiary/aromatic N) is 1. The number of pyridine rings is 1. The Morgan fingerprint density at radius 3 is 2.67 bits per heavy atom. The van der Waals surface area contributed by atoms with E-state index in [2.05, 4.69) is 10.3 Å². The number of aromatic nitrogens is 1. The normalized spacial score (nSPS) is 10.9. The molecule has 4 rings (SSSR count). The molecule has 6 nitrogen and oxygen atoms in total. The SMILES string of the molecule is Cc1cc(NC(=O)COc2ccccc2)nc2c1c(=O)oc1ccccc12. The van der Waals surface area contributed by atoms with E-state index >= 15 is 0 Å². The van der Waals surface area contributed by atoms with Gasteiger partial charge in [0.05, 0.1) is 10.9 Å². The summed E-state index contributed by atoms with van der Waals surface area (Å²) < 4.78 is 10.8. The second-order valence-electron chi connectivity index (χ2n) is 6.08. The molecule has 1 N–H and O–H groups in total. The predicted octanol–water partition coefficient (Wildman–Crippen LogP) is 3.67.